The molecule has 1 amide bonds. The lowest BCUT2D eigenvalue weighted by Gasteiger charge is -2.28. The molecule has 0 aromatic heterocycles. The number of hydrogen-bond donors (Lipinski definition) is 2. The Labute approximate surface area is 157 Å². The lowest BCUT2D eigenvalue weighted by atomic mass is 9.92. The van der Waals surface area contributed by atoms with Gasteiger partial charge in [-0.15, -0.1) is 0 Å². The molecule has 2 N–H and O–H groups in total. The molecular formula is C15H26BrN3O3S2. The number of hydrogen-bond acceptors (Lipinski definition) is 5. The SMILES string of the molecule is C=C(C[C@H]1N=C(Br)SCC(NC(C)=O)[C@H]1C)S(=O)(=O)NC(C)(C)C. The zero-order valence-corrected chi connectivity index (χ0v) is 17.9. The van der Waals surface area contributed by atoms with Crippen LogP contribution in [-0.4, -0.2) is 41.7 Å². The molecule has 0 aromatic carbocycles. The molecule has 0 spiro atoms. The Morgan fingerprint density at radius 3 is 2.54 bits per heavy atom. The first-order valence-corrected chi connectivity index (χ1v) is 10.9. The van der Waals surface area contributed by atoms with E-state index >= 15 is 0 Å². The van der Waals surface area contributed by atoms with Crippen molar-refractivity contribution in [2.24, 2.45) is 10.9 Å². The number of rotatable bonds is 5. The van der Waals surface area contributed by atoms with Gasteiger partial charge in [0.15, 0.2) is 0 Å². The first-order valence-electron chi connectivity index (χ1n) is 7.67. The molecule has 1 heterocycles. The van der Waals surface area contributed by atoms with E-state index in [1.807, 2.05) is 6.92 Å². The highest BCUT2D eigenvalue weighted by molar-refractivity contribution is 9.22. The van der Waals surface area contributed by atoms with Crippen LogP contribution in [0.5, 0.6) is 0 Å². The second-order valence-electron chi connectivity index (χ2n) is 7.02. The molecular weight excluding hydrogens is 414 g/mol. The molecule has 24 heavy (non-hydrogen) atoms. The van der Waals surface area contributed by atoms with Gasteiger partial charge in [-0.3, -0.25) is 9.79 Å². The summed E-state index contributed by atoms with van der Waals surface area (Å²) in [7, 11) is -3.63. The average molecular weight is 440 g/mol. The van der Waals surface area contributed by atoms with Gasteiger partial charge in [0, 0.05) is 30.7 Å². The van der Waals surface area contributed by atoms with Crippen molar-refractivity contribution in [2.45, 2.75) is 58.7 Å². The van der Waals surface area contributed by atoms with Gasteiger partial charge in [-0.1, -0.05) is 25.3 Å². The van der Waals surface area contributed by atoms with Gasteiger partial charge in [-0.25, -0.2) is 13.1 Å². The molecule has 138 valence electrons. The molecule has 0 aromatic rings. The average Bonchev–Trinajstić information content (AvgIpc) is 2.49. The molecule has 0 aliphatic carbocycles. The van der Waals surface area contributed by atoms with Gasteiger partial charge in [0.1, 0.15) is 3.95 Å². The fourth-order valence-electron chi connectivity index (χ4n) is 2.35. The van der Waals surface area contributed by atoms with Gasteiger partial charge in [0.25, 0.3) is 0 Å². The maximum absolute atomic E-state index is 12.4. The lowest BCUT2D eigenvalue weighted by Crippen LogP contribution is -2.44. The summed E-state index contributed by atoms with van der Waals surface area (Å²) >= 11 is 4.89. The third-order valence-electron chi connectivity index (χ3n) is 3.54. The Hall–Kier alpha value is -0.380. The number of aliphatic imine (C=N–C) groups is 1. The molecule has 6 nitrogen and oxygen atoms in total. The number of carbonyl (C=O) groups excluding carboxylic acids is 1. The summed E-state index contributed by atoms with van der Waals surface area (Å²) in [6, 6.07) is -0.363. The third-order valence-corrected chi connectivity index (χ3v) is 7.11. The van der Waals surface area contributed by atoms with Crippen molar-refractivity contribution in [3.05, 3.63) is 11.5 Å². The molecule has 1 rings (SSSR count). The number of amides is 1. The molecule has 1 unspecified atom stereocenters. The normalized spacial score (nSPS) is 25.6. The molecule has 1 aliphatic heterocycles. The number of halogens is 1. The first-order chi connectivity index (χ1) is 10.8. The minimum atomic E-state index is -3.63. The highest BCUT2D eigenvalue weighted by Gasteiger charge is 2.32. The van der Waals surface area contributed by atoms with E-state index in [0.29, 0.717) is 9.71 Å². The van der Waals surface area contributed by atoms with Crippen LogP contribution in [0.25, 0.3) is 0 Å². The molecule has 0 bridgehead atoms. The monoisotopic (exact) mass is 439 g/mol. The van der Waals surface area contributed by atoms with E-state index in [1.165, 1.54) is 18.7 Å². The van der Waals surface area contributed by atoms with E-state index in [1.54, 1.807) is 20.8 Å². The van der Waals surface area contributed by atoms with E-state index in [2.05, 4.69) is 37.5 Å². The van der Waals surface area contributed by atoms with Crippen LogP contribution in [0.2, 0.25) is 0 Å². The topological polar surface area (TPSA) is 87.6 Å². The molecule has 0 saturated heterocycles. The summed E-state index contributed by atoms with van der Waals surface area (Å²) in [5, 5.41) is 2.92. The second kappa shape index (κ2) is 8.33. The van der Waals surface area contributed by atoms with Crippen LogP contribution in [-0.2, 0) is 14.8 Å². The lowest BCUT2D eigenvalue weighted by molar-refractivity contribution is -0.119. The highest BCUT2D eigenvalue weighted by atomic mass is 79.9. The van der Waals surface area contributed by atoms with Crippen LogP contribution in [0.1, 0.15) is 41.0 Å². The summed E-state index contributed by atoms with van der Waals surface area (Å²) in [5.41, 5.74) is -0.574. The summed E-state index contributed by atoms with van der Waals surface area (Å²) in [6.07, 6.45) is 0.207. The number of nitrogens with one attached hydrogen (secondary N) is 2. The van der Waals surface area contributed by atoms with Crippen LogP contribution >= 0.6 is 27.7 Å². The van der Waals surface area contributed by atoms with Gasteiger partial charge in [-0.05, 0) is 42.6 Å². The van der Waals surface area contributed by atoms with Gasteiger partial charge < -0.3 is 5.32 Å². The Morgan fingerprint density at radius 2 is 2.04 bits per heavy atom. The molecule has 0 saturated carbocycles. The number of sulfonamides is 1. The maximum atomic E-state index is 12.4. The summed E-state index contributed by atoms with van der Waals surface area (Å²) < 4.78 is 28.1. The molecule has 0 fully saturated rings. The van der Waals surface area contributed by atoms with E-state index in [0.717, 1.165) is 0 Å². The fraction of sp³-hybridized carbons (Fsp3) is 0.733. The molecule has 0 radical (unpaired) electrons. The predicted molar refractivity (Wildman–Crippen MR) is 105 cm³/mol. The minimum Gasteiger partial charge on any atom is -0.352 e. The minimum absolute atomic E-state index is 0.0157. The Kier molecular flexibility index (Phi) is 7.52. The number of nitrogens with zero attached hydrogens (tertiary/aromatic N) is 1. The van der Waals surface area contributed by atoms with Crippen LogP contribution < -0.4 is 10.0 Å². The zero-order chi connectivity index (χ0) is 18.7. The largest absolute Gasteiger partial charge is 0.352 e. The van der Waals surface area contributed by atoms with Crippen molar-refractivity contribution < 1.29 is 13.2 Å². The number of thioether (sulfide) groups is 1. The smallest absolute Gasteiger partial charge is 0.236 e. The van der Waals surface area contributed by atoms with Crippen LogP contribution in [0, 0.1) is 5.92 Å². The van der Waals surface area contributed by atoms with Crippen molar-refractivity contribution in [2.75, 3.05) is 5.75 Å². The summed E-state index contributed by atoms with van der Waals surface area (Å²) in [4.78, 5) is 16.1. The molecule has 3 atom stereocenters. The van der Waals surface area contributed by atoms with Crippen molar-refractivity contribution >= 4 is 47.6 Å². The summed E-state index contributed by atoms with van der Waals surface area (Å²) in [5.74, 6) is 0.559. The quantitative estimate of drug-likeness (QED) is 0.688. The molecule has 9 heteroatoms. The van der Waals surface area contributed by atoms with Gasteiger partial charge in [0.05, 0.1) is 10.9 Å². The van der Waals surface area contributed by atoms with Crippen molar-refractivity contribution in [1.82, 2.24) is 10.0 Å². The van der Waals surface area contributed by atoms with E-state index in [-0.39, 0.29) is 35.2 Å². The Bertz CT molecular complexity index is 626. The fourth-order valence-corrected chi connectivity index (χ4v) is 5.26. The van der Waals surface area contributed by atoms with E-state index < -0.39 is 15.6 Å². The van der Waals surface area contributed by atoms with Crippen molar-refractivity contribution in [1.29, 1.82) is 0 Å². The standard InChI is InChI=1S/C15H26BrN3O3S2/c1-9(24(21,22)19-15(4,5)6)7-12-10(2)13(17-11(3)20)8-23-14(16)18-12/h10,12-13,19H,1,7-8H2,2-6H3,(H,17,20)/t10-,12+,13?/m0/s1. The first kappa shape index (κ1) is 21.7. The van der Waals surface area contributed by atoms with Gasteiger partial charge >= 0.3 is 0 Å². The Balaban J connectivity index is 2.94. The summed E-state index contributed by atoms with van der Waals surface area (Å²) in [6.45, 7) is 12.5. The Morgan fingerprint density at radius 1 is 1.46 bits per heavy atom. The highest BCUT2D eigenvalue weighted by Crippen LogP contribution is 2.29. The zero-order valence-electron chi connectivity index (χ0n) is 14.7. The van der Waals surface area contributed by atoms with Gasteiger partial charge in [0.2, 0.25) is 15.9 Å². The van der Waals surface area contributed by atoms with Crippen LogP contribution in [0.4, 0.5) is 0 Å². The third kappa shape index (κ3) is 6.85. The maximum Gasteiger partial charge on any atom is 0.236 e. The van der Waals surface area contributed by atoms with Crippen molar-refractivity contribution in [3.8, 4) is 0 Å². The van der Waals surface area contributed by atoms with Crippen LogP contribution in [0.15, 0.2) is 16.5 Å². The van der Waals surface area contributed by atoms with Crippen molar-refractivity contribution in [3.63, 3.8) is 0 Å². The number of carbonyl (C=O) groups is 1. The van der Waals surface area contributed by atoms with Gasteiger partial charge in [-0.2, -0.15) is 0 Å². The van der Waals surface area contributed by atoms with Crippen LogP contribution in [0.3, 0.4) is 0 Å². The van der Waals surface area contributed by atoms with E-state index in [4.69, 9.17) is 0 Å². The predicted octanol–water partition coefficient (Wildman–Crippen LogP) is 2.62. The van der Waals surface area contributed by atoms with E-state index in [9.17, 15) is 13.2 Å². The second-order valence-corrected chi connectivity index (χ2v) is 11.1. The molecule has 1 aliphatic rings.